The van der Waals surface area contributed by atoms with Gasteiger partial charge in [0, 0.05) is 11.1 Å². The topological polar surface area (TPSA) is 64.6 Å². The van der Waals surface area contributed by atoms with Crippen molar-refractivity contribution in [1.29, 1.82) is 0 Å². The van der Waals surface area contributed by atoms with Gasteiger partial charge in [-0.3, -0.25) is 0 Å². The zero-order valence-electron chi connectivity index (χ0n) is 19.2. The average molecular weight is 430 g/mol. The highest BCUT2D eigenvalue weighted by molar-refractivity contribution is 5.88. The van der Waals surface area contributed by atoms with E-state index < -0.39 is 0 Å². The Balaban J connectivity index is 2.18. The van der Waals surface area contributed by atoms with Gasteiger partial charge in [-0.25, -0.2) is 0 Å². The highest BCUT2D eigenvalue weighted by Crippen LogP contribution is 2.58. The minimum Gasteiger partial charge on any atom is -0.493 e. The summed E-state index contributed by atoms with van der Waals surface area (Å²) in [6.45, 7) is 2.91. The van der Waals surface area contributed by atoms with E-state index in [2.05, 4.69) is 6.92 Å². The van der Waals surface area contributed by atoms with Crippen LogP contribution in [0.1, 0.15) is 24.2 Å². The monoisotopic (exact) mass is 430 g/mol. The molecule has 0 N–H and O–H groups in total. The van der Waals surface area contributed by atoms with Crippen molar-refractivity contribution in [2.45, 2.75) is 19.4 Å². The second kappa shape index (κ2) is 8.38. The standard InChI is InChI=1S/C24H30O7/c1-12-14-8-13-9-16(25-2)21(27-4)23(29-6)18(13)19-15(20(12)31-11-14)10-17(26-3)22(28-5)24(19)30-7/h9-10,12,14,20H,8,11H2,1-7H3/t12-,14+,20-/m1/s1. The Morgan fingerprint density at radius 1 is 0.710 bits per heavy atom. The lowest BCUT2D eigenvalue weighted by molar-refractivity contribution is 0.0935. The fourth-order valence-corrected chi connectivity index (χ4v) is 4.98. The lowest BCUT2D eigenvalue weighted by Crippen LogP contribution is -2.19. The van der Waals surface area contributed by atoms with Crippen LogP contribution >= 0.6 is 0 Å². The average Bonchev–Trinajstić information content (AvgIpc) is 3.18. The second-order valence-electron chi connectivity index (χ2n) is 7.87. The summed E-state index contributed by atoms with van der Waals surface area (Å²) in [5.41, 5.74) is 3.84. The van der Waals surface area contributed by atoms with E-state index in [1.165, 1.54) is 0 Å². The van der Waals surface area contributed by atoms with Crippen molar-refractivity contribution in [3.05, 3.63) is 23.3 Å². The number of ether oxygens (including phenoxy) is 7. The summed E-state index contributed by atoms with van der Waals surface area (Å²) < 4.78 is 40.8. The molecule has 1 saturated heterocycles. The van der Waals surface area contributed by atoms with Crippen LogP contribution in [-0.2, 0) is 11.2 Å². The smallest absolute Gasteiger partial charge is 0.203 e. The zero-order valence-corrected chi connectivity index (χ0v) is 19.2. The molecule has 168 valence electrons. The molecular formula is C24H30O7. The lowest BCUT2D eigenvalue weighted by Gasteiger charge is -2.30. The molecule has 1 aliphatic heterocycles. The Labute approximate surface area is 183 Å². The maximum atomic E-state index is 6.31. The van der Waals surface area contributed by atoms with Gasteiger partial charge in [0.25, 0.3) is 0 Å². The number of fused-ring (bicyclic) bond motifs is 6. The number of rotatable bonds is 6. The van der Waals surface area contributed by atoms with Crippen molar-refractivity contribution in [2.75, 3.05) is 49.3 Å². The molecule has 0 radical (unpaired) electrons. The van der Waals surface area contributed by atoms with E-state index in [0.29, 0.717) is 52.9 Å². The highest BCUT2D eigenvalue weighted by Gasteiger charge is 2.42. The molecule has 1 heterocycles. The van der Waals surface area contributed by atoms with Gasteiger partial charge in [-0.15, -0.1) is 0 Å². The van der Waals surface area contributed by atoms with Gasteiger partial charge in [-0.05, 0) is 41.5 Å². The molecule has 0 amide bonds. The van der Waals surface area contributed by atoms with Gasteiger partial charge >= 0.3 is 0 Å². The molecule has 2 aromatic rings. The fraction of sp³-hybridized carbons (Fsp3) is 0.500. The number of hydrogen-bond donors (Lipinski definition) is 0. The first-order chi connectivity index (χ1) is 15.0. The Hall–Kier alpha value is -2.80. The van der Waals surface area contributed by atoms with Crippen LogP contribution < -0.4 is 28.4 Å². The van der Waals surface area contributed by atoms with E-state index >= 15 is 0 Å². The summed E-state index contributed by atoms with van der Waals surface area (Å²) in [6, 6.07) is 4.02. The molecule has 7 heteroatoms. The third-order valence-corrected chi connectivity index (χ3v) is 6.52. The predicted molar refractivity (Wildman–Crippen MR) is 116 cm³/mol. The molecule has 1 aliphatic carbocycles. The Morgan fingerprint density at radius 3 is 1.81 bits per heavy atom. The van der Waals surface area contributed by atoms with Crippen LogP contribution in [0.25, 0.3) is 11.1 Å². The fourth-order valence-electron chi connectivity index (χ4n) is 4.98. The molecule has 2 aliphatic rings. The second-order valence-corrected chi connectivity index (χ2v) is 7.87. The maximum absolute atomic E-state index is 6.31. The van der Waals surface area contributed by atoms with Crippen LogP contribution in [0.5, 0.6) is 34.5 Å². The summed E-state index contributed by atoms with van der Waals surface area (Å²) >= 11 is 0. The van der Waals surface area contributed by atoms with Gasteiger partial charge in [0.2, 0.25) is 11.5 Å². The summed E-state index contributed by atoms with van der Waals surface area (Å²) in [5.74, 6) is 4.12. The van der Waals surface area contributed by atoms with Gasteiger partial charge in [-0.1, -0.05) is 6.92 Å². The summed E-state index contributed by atoms with van der Waals surface area (Å²) in [4.78, 5) is 0. The first-order valence-electron chi connectivity index (χ1n) is 10.3. The lowest BCUT2D eigenvalue weighted by atomic mass is 9.77. The zero-order chi connectivity index (χ0) is 22.3. The van der Waals surface area contributed by atoms with E-state index in [-0.39, 0.29) is 6.10 Å². The van der Waals surface area contributed by atoms with Crippen LogP contribution in [0.2, 0.25) is 0 Å². The molecule has 0 unspecified atom stereocenters. The minimum absolute atomic E-state index is 0.0975. The van der Waals surface area contributed by atoms with Gasteiger partial charge in [0.05, 0.1) is 55.4 Å². The van der Waals surface area contributed by atoms with Crippen molar-refractivity contribution in [1.82, 2.24) is 0 Å². The van der Waals surface area contributed by atoms with Crippen LogP contribution in [0.4, 0.5) is 0 Å². The Morgan fingerprint density at radius 2 is 1.26 bits per heavy atom. The number of benzene rings is 2. The number of methoxy groups -OCH3 is 6. The van der Waals surface area contributed by atoms with Crippen molar-refractivity contribution < 1.29 is 33.2 Å². The summed E-state index contributed by atoms with van der Waals surface area (Å²) in [7, 11) is 9.73. The molecule has 3 atom stereocenters. The van der Waals surface area contributed by atoms with E-state index in [9.17, 15) is 0 Å². The third kappa shape index (κ3) is 3.14. The molecule has 0 aromatic heterocycles. The number of hydrogen-bond acceptors (Lipinski definition) is 7. The van der Waals surface area contributed by atoms with E-state index in [4.69, 9.17) is 33.2 Å². The quantitative estimate of drug-likeness (QED) is 0.678. The van der Waals surface area contributed by atoms with Crippen molar-refractivity contribution in [2.24, 2.45) is 11.8 Å². The van der Waals surface area contributed by atoms with Crippen molar-refractivity contribution >= 4 is 0 Å². The highest BCUT2D eigenvalue weighted by atomic mass is 16.5. The summed E-state index contributed by atoms with van der Waals surface area (Å²) in [5, 5.41) is 0. The minimum atomic E-state index is -0.0975. The van der Waals surface area contributed by atoms with Crippen molar-refractivity contribution in [3.63, 3.8) is 0 Å². The molecule has 0 saturated carbocycles. The SMILES string of the molecule is COc1cc2c(c(OC)c1OC)-c1c(cc(OC)c(OC)c1OC)[C@@H]1OC[C@H](C2)[C@H]1C. The van der Waals surface area contributed by atoms with Crippen LogP contribution in [0.15, 0.2) is 12.1 Å². The van der Waals surface area contributed by atoms with Gasteiger partial charge in [-0.2, -0.15) is 0 Å². The molecule has 1 fully saturated rings. The van der Waals surface area contributed by atoms with Crippen molar-refractivity contribution in [3.8, 4) is 45.6 Å². The van der Waals surface area contributed by atoms with E-state index in [0.717, 1.165) is 28.7 Å². The molecule has 2 bridgehead atoms. The molecule has 7 nitrogen and oxygen atoms in total. The van der Waals surface area contributed by atoms with E-state index in [1.54, 1.807) is 42.7 Å². The molecular weight excluding hydrogens is 400 g/mol. The van der Waals surface area contributed by atoms with Crippen LogP contribution in [-0.4, -0.2) is 49.3 Å². The summed E-state index contributed by atoms with van der Waals surface area (Å²) in [6.07, 6.45) is 0.723. The Bertz CT molecular complexity index is 985. The first kappa shape index (κ1) is 21.4. The van der Waals surface area contributed by atoms with Gasteiger partial charge in [0.1, 0.15) is 0 Å². The normalized spacial score (nSPS) is 21.3. The van der Waals surface area contributed by atoms with Gasteiger partial charge in [0.15, 0.2) is 23.0 Å². The van der Waals surface area contributed by atoms with Gasteiger partial charge < -0.3 is 33.2 Å². The molecule has 0 spiro atoms. The first-order valence-corrected chi connectivity index (χ1v) is 10.3. The van der Waals surface area contributed by atoms with Crippen LogP contribution in [0, 0.1) is 11.8 Å². The molecule has 4 rings (SSSR count). The Kier molecular flexibility index (Phi) is 5.79. The maximum Gasteiger partial charge on any atom is 0.203 e. The third-order valence-electron chi connectivity index (χ3n) is 6.52. The van der Waals surface area contributed by atoms with E-state index in [1.807, 2.05) is 12.1 Å². The van der Waals surface area contributed by atoms with Crippen LogP contribution in [0.3, 0.4) is 0 Å². The molecule has 2 aromatic carbocycles. The largest absolute Gasteiger partial charge is 0.493 e. The predicted octanol–water partition coefficient (Wildman–Crippen LogP) is 4.28. The molecule has 31 heavy (non-hydrogen) atoms.